The standard InChI is InChI=1S/C22H29N3/c1-4-25-21-8-6-5-7-19(21)20-15-17(9-10-22(20)25)16-24(3)18-11-13-23(2)14-12-18/h5-10,15,18H,4,11-14,16H2,1-3H3. The molecular formula is C22H29N3. The summed E-state index contributed by atoms with van der Waals surface area (Å²) in [5, 5.41) is 2.77. The number of aromatic nitrogens is 1. The Bertz CT molecular complexity index is 871. The molecule has 1 aromatic heterocycles. The van der Waals surface area contributed by atoms with Crippen LogP contribution < -0.4 is 0 Å². The summed E-state index contributed by atoms with van der Waals surface area (Å²) in [5.41, 5.74) is 4.13. The minimum atomic E-state index is 0.712. The first kappa shape index (κ1) is 16.6. The molecule has 0 saturated carbocycles. The second-order valence-electron chi connectivity index (χ2n) is 7.56. The summed E-state index contributed by atoms with van der Waals surface area (Å²) in [7, 11) is 4.52. The van der Waals surface area contributed by atoms with Gasteiger partial charge in [-0.05, 0) is 70.7 Å². The zero-order valence-corrected chi connectivity index (χ0v) is 15.7. The van der Waals surface area contributed by atoms with Crippen LogP contribution in [-0.4, -0.2) is 47.6 Å². The van der Waals surface area contributed by atoms with Crippen LogP contribution >= 0.6 is 0 Å². The monoisotopic (exact) mass is 335 g/mol. The van der Waals surface area contributed by atoms with Crippen molar-refractivity contribution < 1.29 is 0 Å². The Morgan fingerprint density at radius 1 is 1.00 bits per heavy atom. The Morgan fingerprint density at radius 3 is 2.48 bits per heavy atom. The van der Waals surface area contributed by atoms with Crippen molar-refractivity contribution >= 4 is 21.8 Å². The van der Waals surface area contributed by atoms with Crippen LogP contribution in [0, 0.1) is 0 Å². The number of hydrogen-bond acceptors (Lipinski definition) is 2. The predicted octanol–water partition coefficient (Wildman–Crippen LogP) is 4.34. The van der Waals surface area contributed by atoms with E-state index in [1.165, 1.54) is 53.3 Å². The summed E-state index contributed by atoms with van der Waals surface area (Å²) in [6, 6.07) is 16.5. The van der Waals surface area contributed by atoms with Gasteiger partial charge in [-0.1, -0.05) is 24.3 Å². The molecule has 1 fully saturated rings. The van der Waals surface area contributed by atoms with Gasteiger partial charge < -0.3 is 9.47 Å². The topological polar surface area (TPSA) is 11.4 Å². The van der Waals surface area contributed by atoms with Crippen molar-refractivity contribution in [3.05, 3.63) is 48.0 Å². The number of likely N-dealkylation sites (tertiary alicyclic amines) is 1. The van der Waals surface area contributed by atoms with Crippen LogP contribution in [0.15, 0.2) is 42.5 Å². The maximum Gasteiger partial charge on any atom is 0.0491 e. The van der Waals surface area contributed by atoms with Crippen LogP contribution in [0.25, 0.3) is 21.8 Å². The normalized spacial score (nSPS) is 17.1. The molecule has 0 aliphatic carbocycles. The van der Waals surface area contributed by atoms with Gasteiger partial charge in [0.25, 0.3) is 0 Å². The minimum Gasteiger partial charge on any atom is -0.341 e. The van der Waals surface area contributed by atoms with Gasteiger partial charge in [0.1, 0.15) is 0 Å². The fourth-order valence-corrected chi connectivity index (χ4v) is 4.39. The van der Waals surface area contributed by atoms with E-state index < -0.39 is 0 Å². The van der Waals surface area contributed by atoms with Gasteiger partial charge in [-0.15, -0.1) is 0 Å². The van der Waals surface area contributed by atoms with Gasteiger partial charge in [0, 0.05) is 40.9 Å². The molecule has 2 heterocycles. The average Bonchev–Trinajstić information content (AvgIpc) is 2.95. The second kappa shape index (κ2) is 6.81. The molecule has 1 aliphatic rings. The molecule has 3 aromatic rings. The molecule has 3 nitrogen and oxygen atoms in total. The van der Waals surface area contributed by atoms with Gasteiger partial charge in [-0.3, -0.25) is 4.90 Å². The fourth-order valence-electron chi connectivity index (χ4n) is 4.39. The van der Waals surface area contributed by atoms with Gasteiger partial charge in [-0.25, -0.2) is 0 Å². The first-order chi connectivity index (χ1) is 12.2. The number of hydrogen-bond donors (Lipinski definition) is 0. The Kier molecular flexibility index (Phi) is 4.53. The van der Waals surface area contributed by atoms with E-state index in [-0.39, 0.29) is 0 Å². The maximum atomic E-state index is 2.55. The SMILES string of the molecule is CCn1c2ccccc2c2cc(CN(C)C3CCN(C)CC3)ccc21. The fraction of sp³-hybridized carbons (Fsp3) is 0.455. The molecule has 2 aromatic carbocycles. The Balaban J connectivity index is 1.64. The van der Waals surface area contributed by atoms with Crippen molar-refractivity contribution in [2.75, 3.05) is 27.2 Å². The van der Waals surface area contributed by atoms with E-state index in [0.29, 0.717) is 6.04 Å². The molecular weight excluding hydrogens is 306 g/mol. The molecule has 0 N–H and O–H groups in total. The van der Waals surface area contributed by atoms with Crippen LogP contribution in [0.5, 0.6) is 0 Å². The largest absolute Gasteiger partial charge is 0.341 e. The molecule has 3 heteroatoms. The first-order valence-corrected chi connectivity index (χ1v) is 9.56. The molecule has 0 radical (unpaired) electrons. The van der Waals surface area contributed by atoms with Gasteiger partial charge in [0.05, 0.1) is 0 Å². The molecule has 0 amide bonds. The predicted molar refractivity (Wildman–Crippen MR) is 107 cm³/mol. The highest BCUT2D eigenvalue weighted by Crippen LogP contribution is 2.30. The van der Waals surface area contributed by atoms with E-state index in [2.05, 4.69) is 77.9 Å². The molecule has 132 valence electrons. The van der Waals surface area contributed by atoms with E-state index in [9.17, 15) is 0 Å². The molecule has 0 atom stereocenters. The van der Waals surface area contributed by atoms with E-state index >= 15 is 0 Å². The van der Waals surface area contributed by atoms with Crippen molar-refractivity contribution in [3.8, 4) is 0 Å². The van der Waals surface area contributed by atoms with Crippen LogP contribution in [0.3, 0.4) is 0 Å². The average molecular weight is 335 g/mol. The number of fused-ring (bicyclic) bond motifs is 3. The Labute approximate surface area is 150 Å². The maximum absolute atomic E-state index is 2.55. The highest BCUT2D eigenvalue weighted by molar-refractivity contribution is 6.08. The third kappa shape index (κ3) is 3.07. The Morgan fingerprint density at radius 2 is 1.72 bits per heavy atom. The number of benzene rings is 2. The summed E-state index contributed by atoms with van der Waals surface area (Å²) in [6.07, 6.45) is 2.56. The number of para-hydroxylation sites is 1. The van der Waals surface area contributed by atoms with Crippen molar-refractivity contribution in [1.29, 1.82) is 0 Å². The summed E-state index contributed by atoms with van der Waals surface area (Å²) in [6.45, 7) is 6.72. The molecule has 1 aliphatic heterocycles. The zero-order valence-electron chi connectivity index (χ0n) is 15.7. The third-order valence-electron chi connectivity index (χ3n) is 5.90. The Hall–Kier alpha value is -1.84. The molecule has 0 unspecified atom stereocenters. The van der Waals surface area contributed by atoms with Gasteiger partial charge >= 0.3 is 0 Å². The lowest BCUT2D eigenvalue weighted by atomic mass is 10.0. The first-order valence-electron chi connectivity index (χ1n) is 9.56. The number of nitrogens with zero attached hydrogens (tertiary/aromatic N) is 3. The smallest absolute Gasteiger partial charge is 0.0491 e. The van der Waals surface area contributed by atoms with Gasteiger partial charge in [0.15, 0.2) is 0 Å². The van der Waals surface area contributed by atoms with Crippen molar-refractivity contribution in [3.63, 3.8) is 0 Å². The number of rotatable bonds is 4. The van der Waals surface area contributed by atoms with E-state index in [1.54, 1.807) is 0 Å². The molecule has 0 spiro atoms. The second-order valence-corrected chi connectivity index (χ2v) is 7.56. The molecule has 4 rings (SSSR count). The highest BCUT2D eigenvalue weighted by Gasteiger charge is 2.20. The zero-order chi connectivity index (χ0) is 17.4. The molecule has 0 bridgehead atoms. The summed E-state index contributed by atoms with van der Waals surface area (Å²) >= 11 is 0. The lowest BCUT2D eigenvalue weighted by molar-refractivity contribution is 0.139. The number of aryl methyl sites for hydroxylation is 1. The van der Waals surface area contributed by atoms with Crippen LogP contribution in [0.1, 0.15) is 25.3 Å². The van der Waals surface area contributed by atoms with Crippen LogP contribution in [-0.2, 0) is 13.1 Å². The summed E-state index contributed by atoms with van der Waals surface area (Å²) in [5.74, 6) is 0. The lowest BCUT2D eigenvalue weighted by Gasteiger charge is -2.35. The minimum absolute atomic E-state index is 0.712. The van der Waals surface area contributed by atoms with Crippen LogP contribution in [0.2, 0.25) is 0 Å². The molecule has 25 heavy (non-hydrogen) atoms. The van der Waals surface area contributed by atoms with E-state index in [4.69, 9.17) is 0 Å². The summed E-state index contributed by atoms with van der Waals surface area (Å²) in [4.78, 5) is 4.99. The van der Waals surface area contributed by atoms with Gasteiger partial charge in [-0.2, -0.15) is 0 Å². The highest BCUT2D eigenvalue weighted by atomic mass is 15.2. The van der Waals surface area contributed by atoms with E-state index in [0.717, 1.165) is 13.1 Å². The van der Waals surface area contributed by atoms with E-state index in [1.807, 2.05) is 0 Å². The number of piperidine rings is 1. The lowest BCUT2D eigenvalue weighted by Crippen LogP contribution is -2.41. The third-order valence-corrected chi connectivity index (χ3v) is 5.90. The van der Waals surface area contributed by atoms with Crippen molar-refractivity contribution in [2.24, 2.45) is 0 Å². The van der Waals surface area contributed by atoms with Crippen LogP contribution in [0.4, 0.5) is 0 Å². The molecule has 1 saturated heterocycles. The van der Waals surface area contributed by atoms with Crippen molar-refractivity contribution in [2.45, 2.75) is 38.9 Å². The van der Waals surface area contributed by atoms with Crippen molar-refractivity contribution in [1.82, 2.24) is 14.4 Å². The van der Waals surface area contributed by atoms with Gasteiger partial charge in [0.2, 0.25) is 0 Å². The summed E-state index contributed by atoms with van der Waals surface area (Å²) < 4.78 is 2.43. The quantitative estimate of drug-likeness (QED) is 0.703.